The van der Waals surface area contributed by atoms with Crippen LogP contribution in [0.15, 0.2) is 53.4 Å². The van der Waals surface area contributed by atoms with E-state index in [9.17, 15) is 13.2 Å². The second-order valence-corrected chi connectivity index (χ2v) is 9.67. The highest BCUT2D eigenvalue weighted by molar-refractivity contribution is 7.89. The molecular weight excluding hydrogens is 408 g/mol. The fraction of sp³-hybridized carbons (Fsp3) is 0.350. The van der Waals surface area contributed by atoms with Crippen molar-refractivity contribution in [3.8, 4) is 0 Å². The number of benzene rings is 2. The Morgan fingerprint density at radius 3 is 2.76 bits per heavy atom. The minimum atomic E-state index is -3.75. The van der Waals surface area contributed by atoms with Crippen molar-refractivity contribution in [2.24, 2.45) is 5.92 Å². The van der Waals surface area contributed by atoms with Gasteiger partial charge in [0.15, 0.2) is 0 Å². The van der Waals surface area contributed by atoms with Gasteiger partial charge in [-0.05, 0) is 37.5 Å². The Kier molecular flexibility index (Phi) is 5.62. The summed E-state index contributed by atoms with van der Waals surface area (Å²) in [7, 11) is -3.75. The highest BCUT2D eigenvalue weighted by Gasteiger charge is 2.35. The number of fused-ring (bicyclic) bond motifs is 1. The van der Waals surface area contributed by atoms with E-state index < -0.39 is 10.0 Å². The lowest BCUT2D eigenvalue weighted by Crippen LogP contribution is -2.45. The SMILES string of the molecule is C[C@H](NC(=O)[C@H]1CCCN(S(=O)(=O)c2cccc3nsnc23)C1)c1ccccc1. The van der Waals surface area contributed by atoms with Crippen molar-refractivity contribution in [1.29, 1.82) is 0 Å². The average Bonchev–Trinajstić information content (AvgIpc) is 3.23. The van der Waals surface area contributed by atoms with Crippen molar-refractivity contribution in [3.63, 3.8) is 0 Å². The lowest BCUT2D eigenvalue weighted by atomic mass is 9.98. The molecule has 0 unspecified atom stereocenters. The molecule has 29 heavy (non-hydrogen) atoms. The highest BCUT2D eigenvalue weighted by Crippen LogP contribution is 2.28. The summed E-state index contributed by atoms with van der Waals surface area (Å²) in [5.41, 5.74) is 1.98. The first-order valence-corrected chi connectivity index (χ1v) is 11.7. The number of nitrogens with zero attached hydrogens (tertiary/aromatic N) is 3. The Balaban J connectivity index is 1.50. The Labute approximate surface area is 174 Å². The number of hydrogen-bond acceptors (Lipinski definition) is 6. The van der Waals surface area contributed by atoms with Crippen LogP contribution in [0.2, 0.25) is 0 Å². The molecule has 3 aromatic rings. The van der Waals surface area contributed by atoms with Crippen molar-refractivity contribution < 1.29 is 13.2 Å². The van der Waals surface area contributed by atoms with E-state index in [-0.39, 0.29) is 29.3 Å². The molecule has 1 aliphatic rings. The van der Waals surface area contributed by atoms with Crippen molar-refractivity contribution in [2.45, 2.75) is 30.7 Å². The number of hydrogen-bond donors (Lipinski definition) is 1. The fourth-order valence-corrected chi connectivity index (χ4v) is 5.94. The van der Waals surface area contributed by atoms with Gasteiger partial charge < -0.3 is 5.32 Å². The maximum absolute atomic E-state index is 13.2. The van der Waals surface area contributed by atoms with Crippen LogP contribution in [0.5, 0.6) is 0 Å². The Bertz CT molecular complexity index is 1110. The number of carbonyl (C=O) groups excluding carboxylic acids is 1. The highest BCUT2D eigenvalue weighted by atomic mass is 32.2. The fourth-order valence-electron chi connectivity index (χ4n) is 3.66. The standard InChI is InChI=1S/C20H22N4O3S2/c1-14(15-7-3-2-4-8-15)21-20(25)16-9-6-12-24(13-16)29(26,27)18-11-5-10-17-19(18)23-28-22-17/h2-5,7-8,10-11,14,16H,6,9,12-13H2,1H3,(H,21,25)/t14-,16-/m0/s1. The van der Waals surface area contributed by atoms with E-state index in [4.69, 9.17) is 0 Å². The predicted molar refractivity (Wildman–Crippen MR) is 112 cm³/mol. The summed E-state index contributed by atoms with van der Waals surface area (Å²) < 4.78 is 36.2. The van der Waals surface area contributed by atoms with Crippen LogP contribution in [-0.4, -0.2) is 40.5 Å². The smallest absolute Gasteiger partial charge is 0.245 e. The van der Waals surface area contributed by atoms with E-state index in [1.54, 1.807) is 18.2 Å². The molecule has 7 nitrogen and oxygen atoms in total. The average molecular weight is 431 g/mol. The zero-order valence-electron chi connectivity index (χ0n) is 16.0. The molecule has 2 aromatic carbocycles. The van der Waals surface area contributed by atoms with E-state index in [1.165, 1.54) is 4.31 Å². The van der Waals surface area contributed by atoms with Crippen molar-refractivity contribution >= 4 is 38.7 Å². The van der Waals surface area contributed by atoms with Crippen LogP contribution in [0, 0.1) is 5.92 Å². The minimum Gasteiger partial charge on any atom is -0.349 e. The van der Waals surface area contributed by atoms with Crippen LogP contribution in [0.3, 0.4) is 0 Å². The summed E-state index contributed by atoms with van der Waals surface area (Å²) in [5.74, 6) is -0.493. The van der Waals surface area contributed by atoms with E-state index in [0.29, 0.717) is 30.4 Å². The predicted octanol–water partition coefficient (Wildman–Crippen LogP) is 2.97. The number of amides is 1. The number of carbonyl (C=O) groups is 1. The van der Waals surface area contributed by atoms with Crippen LogP contribution in [-0.2, 0) is 14.8 Å². The third kappa shape index (κ3) is 4.03. The summed E-state index contributed by atoms with van der Waals surface area (Å²) in [5, 5.41) is 3.02. The van der Waals surface area contributed by atoms with Crippen molar-refractivity contribution in [3.05, 3.63) is 54.1 Å². The lowest BCUT2D eigenvalue weighted by molar-refractivity contribution is -0.126. The Hall–Kier alpha value is -2.36. The molecule has 0 radical (unpaired) electrons. The molecule has 4 rings (SSSR count). The first kappa shape index (κ1) is 19.9. The molecule has 1 N–H and O–H groups in total. The van der Waals surface area contributed by atoms with Gasteiger partial charge >= 0.3 is 0 Å². The summed E-state index contributed by atoms with van der Waals surface area (Å²) in [6.45, 7) is 2.50. The van der Waals surface area contributed by atoms with Gasteiger partial charge in [-0.3, -0.25) is 4.79 Å². The molecule has 152 valence electrons. The van der Waals surface area contributed by atoms with Crippen molar-refractivity contribution in [2.75, 3.05) is 13.1 Å². The summed E-state index contributed by atoms with van der Waals surface area (Å²) in [6, 6.07) is 14.6. The van der Waals surface area contributed by atoms with Gasteiger partial charge in [-0.2, -0.15) is 13.1 Å². The summed E-state index contributed by atoms with van der Waals surface area (Å²) >= 11 is 0.993. The van der Waals surface area contributed by atoms with Crippen LogP contribution in [0.25, 0.3) is 11.0 Å². The molecule has 0 saturated carbocycles. The second-order valence-electron chi connectivity index (χ2n) is 7.23. The van der Waals surface area contributed by atoms with E-state index in [0.717, 1.165) is 17.3 Å². The molecule has 0 bridgehead atoms. The maximum atomic E-state index is 13.2. The largest absolute Gasteiger partial charge is 0.349 e. The molecule has 2 atom stereocenters. The van der Waals surface area contributed by atoms with Gasteiger partial charge in [-0.1, -0.05) is 36.4 Å². The number of rotatable bonds is 5. The number of piperidine rings is 1. The Morgan fingerprint density at radius 2 is 1.97 bits per heavy atom. The molecule has 0 aliphatic carbocycles. The molecule has 1 saturated heterocycles. The molecule has 1 aliphatic heterocycles. The third-order valence-corrected chi connectivity index (χ3v) is 7.72. The van der Waals surface area contributed by atoms with Gasteiger partial charge in [-0.15, -0.1) is 0 Å². The Morgan fingerprint density at radius 1 is 1.17 bits per heavy atom. The molecule has 0 spiro atoms. The molecule has 1 amide bonds. The van der Waals surface area contributed by atoms with Crippen LogP contribution in [0.4, 0.5) is 0 Å². The third-order valence-electron chi connectivity index (χ3n) is 5.28. The van der Waals surface area contributed by atoms with Gasteiger partial charge in [0.2, 0.25) is 15.9 Å². The van der Waals surface area contributed by atoms with Crippen LogP contribution < -0.4 is 5.32 Å². The van der Waals surface area contributed by atoms with Crippen LogP contribution >= 0.6 is 11.7 Å². The van der Waals surface area contributed by atoms with Gasteiger partial charge in [-0.25, -0.2) is 8.42 Å². The minimum absolute atomic E-state index is 0.116. The summed E-state index contributed by atoms with van der Waals surface area (Å²) in [6.07, 6.45) is 1.31. The first-order chi connectivity index (χ1) is 14.0. The van der Waals surface area contributed by atoms with E-state index in [2.05, 4.69) is 14.1 Å². The van der Waals surface area contributed by atoms with Crippen LogP contribution in [0.1, 0.15) is 31.4 Å². The zero-order chi connectivity index (χ0) is 20.4. The van der Waals surface area contributed by atoms with Gasteiger partial charge in [0.25, 0.3) is 0 Å². The number of sulfonamides is 1. The topological polar surface area (TPSA) is 92.3 Å². The van der Waals surface area contributed by atoms with Crippen molar-refractivity contribution in [1.82, 2.24) is 18.4 Å². The number of aromatic nitrogens is 2. The first-order valence-electron chi connectivity index (χ1n) is 9.53. The lowest BCUT2D eigenvalue weighted by Gasteiger charge is -2.32. The molecule has 1 fully saturated rings. The monoisotopic (exact) mass is 430 g/mol. The molecule has 1 aromatic heterocycles. The second kappa shape index (κ2) is 8.17. The molecule has 9 heteroatoms. The number of nitrogens with one attached hydrogen (secondary N) is 1. The van der Waals surface area contributed by atoms with Gasteiger partial charge in [0.05, 0.1) is 23.7 Å². The van der Waals surface area contributed by atoms with Gasteiger partial charge in [0.1, 0.15) is 15.9 Å². The normalized spacial score (nSPS) is 19.1. The molecule has 2 heterocycles. The zero-order valence-corrected chi connectivity index (χ0v) is 17.6. The quantitative estimate of drug-likeness (QED) is 0.672. The van der Waals surface area contributed by atoms with E-state index in [1.807, 2.05) is 37.3 Å². The summed E-state index contributed by atoms with van der Waals surface area (Å²) in [4.78, 5) is 13.0. The molecular formula is C20H22N4O3S2. The van der Waals surface area contributed by atoms with Gasteiger partial charge in [0, 0.05) is 13.1 Å². The maximum Gasteiger partial charge on any atom is 0.245 e. The van der Waals surface area contributed by atoms with E-state index >= 15 is 0 Å².